The summed E-state index contributed by atoms with van der Waals surface area (Å²) in [4.78, 5) is 22.9. The van der Waals surface area contributed by atoms with Crippen molar-refractivity contribution in [1.82, 2.24) is 0 Å². The van der Waals surface area contributed by atoms with E-state index < -0.39 is 0 Å². The predicted octanol–water partition coefficient (Wildman–Crippen LogP) is 0.330. The number of anilines is 1. The molecule has 0 radical (unpaired) electrons. The van der Waals surface area contributed by atoms with E-state index in [0.717, 1.165) is 0 Å². The summed E-state index contributed by atoms with van der Waals surface area (Å²) in [5, 5.41) is 6.19. The fraction of sp³-hybridized carbons (Fsp3) is 0.0833. The zero-order chi connectivity index (χ0) is 14.0. The number of carbonyl (C=O) groups excluding carboxylic acids is 1. The van der Waals surface area contributed by atoms with Gasteiger partial charge in [-0.15, -0.1) is 0 Å². The van der Waals surface area contributed by atoms with Gasteiger partial charge in [0.15, 0.2) is 17.0 Å². The summed E-state index contributed by atoms with van der Waals surface area (Å²) < 4.78 is 5.41. The minimum atomic E-state index is -0.296. The van der Waals surface area contributed by atoms with Crippen LogP contribution in [0.2, 0.25) is 0 Å². The number of amidine groups is 1. The second-order valence-corrected chi connectivity index (χ2v) is 3.88. The lowest BCUT2D eigenvalue weighted by atomic mass is 10.2. The molecular formula is C12H12N4O3. The number of hydrogen-bond donors (Lipinski definition) is 3. The number of nitrogens with zero attached hydrogens (tertiary/aromatic N) is 1. The third-order valence-electron chi connectivity index (χ3n) is 2.44. The second kappa shape index (κ2) is 4.81. The number of nitrogens with two attached hydrogens (primary N) is 2. The molecular weight excluding hydrogens is 248 g/mol. The Kier molecular flexibility index (Phi) is 3.19. The van der Waals surface area contributed by atoms with E-state index in [4.69, 9.17) is 16.0 Å². The molecule has 1 heterocycles. The van der Waals surface area contributed by atoms with Gasteiger partial charge < -0.3 is 21.3 Å². The molecule has 0 saturated carbocycles. The van der Waals surface area contributed by atoms with Crippen molar-refractivity contribution in [2.75, 3.05) is 5.32 Å². The summed E-state index contributed by atoms with van der Waals surface area (Å²) in [5.74, 6) is 4.85. The number of benzene rings is 1. The van der Waals surface area contributed by atoms with Gasteiger partial charge in [-0.05, 0) is 18.2 Å². The van der Waals surface area contributed by atoms with Crippen LogP contribution >= 0.6 is 0 Å². The minimum absolute atomic E-state index is 0.0649. The molecule has 98 valence electrons. The van der Waals surface area contributed by atoms with Crippen LogP contribution in [0.4, 0.5) is 5.69 Å². The number of amides is 1. The van der Waals surface area contributed by atoms with Crippen molar-refractivity contribution in [2.24, 2.45) is 16.7 Å². The number of carbonyl (C=O) groups is 1. The first-order chi connectivity index (χ1) is 9.01. The van der Waals surface area contributed by atoms with E-state index in [0.29, 0.717) is 16.7 Å². The van der Waals surface area contributed by atoms with Gasteiger partial charge in [0, 0.05) is 18.7 Å². The van der Waals surface area contributed by atoms with Crippen LogP contribution in [0.25, 0.3) is 11.0 Å². The molecule has 0 saturated heterocycles. The molecule has 7 nitrogen and oxygen atoms in total. The van der Waals surface area contributed by atoms with Crippen LogP contribution in [0.1, 0.15) is 12.7 Å². The summed E-state index contributed by atoms with van der Waals surface area (Å²) >= 11 is 0. The third kappa shape index (κ3) is 2.54. The van der Waals surface area contributed by atoms with Gasteiger partial charge in [-0.3, -0.25) is 9.59 Å². The van der Waals surface area contributed by atoms with Crippen LogP contribution in [-0.2, 0) is 4.79 Å². The Morgan fingerprint density at radius 3 is 2.74 bits per heavy atom. The predicted molar refractivity (Wildman–Crippen MR) is 71.7 cm³/mol. The normalized spacial score (nSPS) is 11.5. The highest BCUT2D eigenvalue weighted by molar-refractivity contribution is 5.96. The summed E-state index contributed by atoms with van der Waals surface area (Å²) in [6, 6.07) is 5.91. The molecule has 1 amide bonds. The van der Waals surface area contributed by atoms with E-state index in [9.17, 15) is 9.59 Å². The van der Waals surface area contributed by atoms with Gasteiger partial charge in [0.25, 0.3) is 0 Å². The molecule has 5 N–H and O–H groups in total. The first kappa shape index (κ1) is 12.6. The van der Waals surface area contributed by atoms with Crippen LogP contribution in [0, 0.1) is 0 Å². The highest BCUT2D eigenvalue weighted by Gasteiger charge is 2.09. The van der Waals surface area contributed by atoms with E-state index in [1.54, 1.807) is 12.1 Å². The van der Waals surface area contributed by atoms with E-state index in [-0.39, 0.29) is 22.9 Å². The number of rotatable bonds is 2. The van der Waals surface area contributed by atoms with Crippen LogP contribution in [0.5, 0.6) is 0 Å². The lowest BCUT2D eigenvalue weighted by Crippen LogP contribution is -2.18. The van der Waals surface area contributed by atoms with Gasteiger partial charge >= 0.3 is 0 Å². The van der Waals surface area contributed by atoms with Crippen LogP contribution in [0.3, 0.4) is 0 Å². The fourth-order valence-electron chi connectivity index (χ4n) is 1.63. The average molecular weight is 260 g/mol. The number of hydrazone groups is 1. The van der Waals surface area contributed by atoms with Crippen molar-refractivity contribution >= 4 is 28.4 Å². The number of nitrogens with one attached hydrogen (secondary N) is 1. The largest absolute Gasteiger partial charge is 0.452 e. The zero-order valence-electron chi connectivity index (χ0n) is 10.1. The van der Waals surface area contributed by atoms with Crippen LogP contribution in [0.15, 0.2) is 38.6 Å². The van der Waals surface area contributed by atoms with Gasteiger partial charge in [-0.2, -0.15) is 5.10 Å². The Balaban J connectivity index is 2.60. The quantitative estimate of drug-likeness (QED) is 0.310. The Bertz CT molecular complexity index is 733. The lowest BCUT2D eigenvalue weighted by molar-refractivity contribution is -0.114. The minimum Gasteiger partial charge on any atom is -0.452 e. The van der Waals surface area contributed by atoms with Gasteiger partial charge in [-0.25, -0.2) is 0 Å². The van der Waals surface area contributed by atoms with Crippen LogP contribution < -0.4 is 22.3 Å². The maximum atomic E-state index is 11.9. The molecule has 0 spiro atoms. The Morgan fingerprint density at radius 2 is 2.11 bits per heavy atom. The average Bonchev–Trinajstić information content (AvgIpc) is 2.37. The summed E-state index contributed by atoms with van der Waals surface area (Å²) in [6.07, 6.45) is 0. The molecule has 0 fully saturated rings. The standard InChI is InChI=1S/C12H12N4O3/c1-6(17)15-7-2-3-10-8(4-7)9(18)5-11(19-10)12(13)16-14/h2-5H,14H2,1H3,(H2,13,16)(H,15,17). The Hall–Kier alpha value is -2.83. The molecule has 0 aliphatic carbocycles. The highest BCUT2D eigenvalue weighted by Crippen LogP contribution is 2.17. The summed E-state index contributed by atoms with van der Waals surface area (Å²) in [6.45, 7) is 1.38. The number of fused-ring (bicyclic) bond motifs is 1. The topological polar surface area (TPSA) is 124 Å². The molecule has 0 unspecified atom stereocenters. The third-order valence-corrected chi connectivity index (χ3v) is 2.44. The maximum absolute atomic E-state index is 11.9. The maximum Gasteiger partial charge on any atom is 0.221 e. The van der Waals surface area contributed by atoms with Crippen molar-refractivity contribution in [1.29, 1.82) is 0 Å². The fourth-order valence-corrected chi connectivity index (χ4v) is 1.63. The Labute approximate surface area is 107 Å². The molecule has 0 atom stereocenters. The molecule has 2 rings (SSSR count). The monoisotopic (exact) mass is 260 g/mol. The summed E-state index contributed by atoms with van der Waals surface area (Å²) in [5.41, 5.74) is 6.04. The zero-order valence-corrected chi connectivity index (χ0v) is 10.1. The molecule has 1 aromatic heterocycles. The van der Waals surface area contributed by atoms with E-state index in [2.05, 4.69) is 10.4 Å². The first-order valence-corrected chi connectivity index (χ1v) is 5.40. The molecule has 19 heavy (non-hydrogen) atoms. The van der Waals surface area contributed by atoms with Crippen molar-refractivity contribution < 1.29 is 9.21 Å². The van der Waals surface area contributed by atoms with Gasteiger partial charge in [-0.1, -0.05) is 0 Å². The Morgan fingerprint density at radius 1 is 1.37 bits per heavy atom. The molecule has 0 aliphatic heterocycles. The molecule has 0 aliphatic rings. The van der Waals surface area contributed by atoms with E-state index in [1.165, 1.54) is 19.1 Å². The molecule has 0 bridgehead atoms. The van der Waals surface area contributed by atoms with Crippen molar-refractivity contribution in [3.05, 3.63) is 40.2 Å². The lowest BCUT2D eigenvalue weighted by Gasteiger charge is -2.05. The SMILES string of the molecule is CC(=O)Nc1ccc2oc(C(N)=NN)cc(=O)c2c1. The van der Waals surface area contributed by atoms with Crippen molar-refractivity contribution in [3.63, 3.8) is 0 Å². The first-order valence-electron chi connectivity index (χ1n) is 5.40. The van der Waals surface area contributed by atoms with Gasteiger partial charge in [0.2, 0.25) is 5.91 Å². The number of hydrogen-bond acceptors (Lipinski definition) is 5. The van der Waals surface area contributed by atoms with E-state index in [1.807, 2.05) is 0 Å². The second-order valence-electron chi connectivity index (χ2n) is 3.88. The molecule has 7 heteroatoms. The van der Waals surface area contributed by atoms with Crippen molar-refractivity contribution in [2.45, 2.75) is 6.92 Å². The van der Waals surface area contributed by atoms with Crippen molar-refractivity contribution in [3.8, 4) is 0 Å². The smallest absolute Gasteiger partial charge is 0.221 e. The molecule has 1 aromatic carbocycles. The van der Waals surface area contributed by atoms with Gasteiger partial charge in [0.1, 0.15) is 5.58 Å². The summed E-state index contributed by atoms with van der Waals surface area (Å²) in [7, 11) is 0. The van der Waals surface area contributed by atoms with E-state index >= 15 is 0 Å². The van der Waals surface area contributed by atoms with Crippen LogP contribution in [-0.4, -0.2) is 11.7 Å². The highest BCUT2D eigenvalue weighted by atomic mass is 16.3. The van der Waals surface area contributed by atoms with Gasteiger partial charge in [0.05, 0.1) is 5.39 Å². The molecule has 2 aromatic rings.